The number of allylic oxidation sites excluding steroid dienone is 2. The summed E-state index contributed by atoms with van der Waals surface area (Å²) in [5.74, 6) is 0. The second kappa shape index (κ2) is 25.8. The average molecular weight is 388 g/mol. The molecule has 0 aromatic rings. The van der Waals surface area contributed by atoms with Gasteiger partial charge in [0.2, 0.25) is 0 Å². The molecule has 2 N–H and O–H groups in total. The summed E-state index contributed by atoms with van der Waals surface area (Å²) in [5.41, 5.74) is 5.47. The van der Waals surface area contributed by atoms with Crippen LogP contribution in [0, 0.1) is 0 Å². The van der Waals surface area contributed by atoms with Crippen molar-refractivity contribution in [3.05, 3.63) is 12.2 Å². The van der Waals surface area contributed by atoms with Crippen LogP contribution in [0.5, 0.6) is 0 Å². The molecule has 0 atom stereocenters. The van der Waals surface area contributed by atoms with E-state index in [0.717, 1.165) is 6.54 Å². The van der Waals surface area contributed by atoms with Gasteiger partial charge in [-0.1, -0.05) is 76.9 Å². The van der Waals surface area contributed by atoms with Crippen LogP contribution in [0.1, 0.15) is 96.8 Å². The molecule has 0 heterocycles. The van der Waals surface area contributed by atoms with Crippen LogP contribution in [0.2, 0.25) is 0 Å². The van der Waals surface area contributed by atoms with Crippen LogP contribution in [0.3, 0.4) is 0 Å². The molecule has 0 fully saturated rings. The Morgan fingerprint density at radius 2 is 1.00 bits per heavy atom. The van der Waals surface area contributed by atoms with Gasteiger partial charge in [-0.2, -0.15) is 0 Å². The number of rotatable bonds is 15. The van der Waals surface area contributed by atoms with E-state index in [1.807, 2.05) is 0 Å². The average Bonchev–Trinajstić information content (AvgIpc) is 2.43. The number of unbranched alkanes of at least 4 members (excludes halogenated alkanes) is 12. The second-order valence-corrected chi connectivity index (χ2v) is 5.73. The smallest absolute Gasteiger partial charge is 0 e. The van der Waals surface area contributed by atoms with Crippen LogP contribution in [0.15, 0.2) is 12.2 Å². The first-order valence-electron chi connectivity index (χ1n) is 8.77. The van der Waals surface area contributed by atoms with Crippen molar-refractivity contribution >= 4 is 0 Å². The van der Waals surface area contributed by atoms with Crippen LogP contribution in [-0.4, -0.2) is 6.54 Å². The van der Waals surface area contributed by atoms with Crippen LogP contribution in [-0.2, 0) is 36.5 Å². The Morgan fingerprint density at radius 3 is 1.43 bits per heavy atom. The van der Waals surface area contributed by atoms with Crippen molar-refractivity contribution in [3.8, 4) is 0 Å². The van der Waals surface area contributed by atoms with Gasteiger partial charge in [0.1, 0.15) is 0 Å². The molecule has 123 valence electrons. The van der Waals surface area contributed by atoms with Gasteiger partial charge in [-0.15, -0.1) is 0 Å². The quantitative estimate of drug-likeness (QED) is 0.209. The van der Waals surface area contributed by atoms with Gasteiger partial charge >= 0.3 is 0 Å². The minimum atomic E-state index is 0. The topological polar surface area (TPSA) is 26.0 Å². The molecule has 0 aliphatic heterocycles. The maximum atomic E-state index is 5.47. The van der Waals surface area contributed by atoms with Gasteiger partial charge in [0, 0.05) is 36.5 Å². The summed E-state index contributed by atoms with van der Waals surface area (Å²) in [6, 6.07) is 0. The van der Waals surface area contributed by atoms with E-state index in [4.69, 9.17) is 5.73 Å². The van der Waals surface area contributed by atoms with Crippen LogP contribution in [0.4, 0.5) is 0 Å². The maximum Gasteiger partial charge on any atom is 0 e. The molecule has 0 unspecified atom stereocenters. The number of hydrogen-bond acceptors (Lipinski definition) is 1. The van der Waals surface area contributed by atoms with Crippen molar-refractivity contribution < 1.29 is 36.5 Å². The van der Waals surface area contributed by atoms with E-state index in [9.17, 15) is 0 Å². The van der Waals surface area contributed by atoms with E-state index < -0.39 is 0 Å². The fourth-order valence-corrected chi connectivity index (χ4v) is 2.39. The Bertz CT molecular complexity index is 186. The third-order valence-electron chi connectivity index (χ3n) is 3.72. The minimum absolute atomic E-state index is 0. The van der Waals surface area contributed by atoms with Crippen molar-refractivity contribution in [2.45, 2.75) is 96.8 Å². The molecule has 0 aromatic heterocycles. The van der Waals surface area contributed by atoms with E-state index in [2.05, 4.69) is 19.1 Å². The molecule has 0 rings (SSSR count). The van der Waals surface area contributed by atoms with Gasteiger partial charge in [-0.3, -0.25) is 0 Å². The zero-order valence-electron chi connectivity index (χ0n) is 14.4. The Kier molecular flexibility index (Phi) is 32.8. The maximum absolute atomic E-state index is 5.47. The van der Waals surface area contributed by atoms with Crippen molar-refractivity contribution in [2.75, 3.05) is 6.54 Å². The number of hydrogen-bond donors (Lipinski definition) is 1. The zero-order valence-corrected chi connectivity index (χ0v) is 18.6. The molecule has 3 heteroatoms. The third-order valence-corrected chi connectivity index (χ3v) is 3.72. The molecule has 0 amide bonds. The van der Waals surface area contributed by atoms with Crippen LogP contribution in [0.25, 0.3) is 0 Å². The fraction of sp³-hybridized carbons (Fsp3) is 0.889. The third kappa shape index (κ3) is 26.1. The summed E-state index contributed by atoms with van der Waals surface area (Å²) in [6.45, 7) is 3.14. The van der Waals surface area contributed by atoms with Gasteiger partial charge in [0.05, 0.1) is 0 Å². The second-order valence-electron chi connectivity index (χ2n) is 5.73. The summed E-state index contributed by atoms with van der Waals surface area (Å²) >= 11 is 0. The van der Waals surface area contributed by atoms with Crippen molar-refractivity contribution in [1.82, 2.24) is 0 Å². The molecule has 0 saturated carbocycles. The summed E-state index contributed by atoms with van der Waals surface area (Å²) in [7, 11) is 0. The zero-order chi connectivity index (χ0) is 14.0. The fourth-order valence-electron chi connectivity index (χ4n) is 2.39. The Labute approximate surface area is 157 Å². The normalized spacial score (nSPS) is 10.4. The Balaban J connectivity index is -0.00000162. The molecular formula is C18H37MnNZn. The molecule has 0 aromatic carbocycles. The molecule has 0 bridgehead atoms. The van der Waals surface area contributed by atoms with Crippen molar-refractivity contribution in [1.29, 1.82) is 0 Å². The SMILES string of the molecule is CCCCCCCC/C=C\CCCCCCCCN.[Mn].[Zn]. The first-order chi connectivity index (χ1) is 9.41. The first kappa shape index (κ1) is 26.7. The number of nitrogens with two attached hydrogens (primary N) is 1. The van der Waals surface area contributed by atoms with Crippen LogP contribution < -0.4 is 5.73 Å². The molecule has 0 aliphatic carbocycles. The summed E-state index contributed by atoms with van der Waals surface area (Å²) in [4.78, 5) is 0. The van der Waals surface area contributed by atoms with Crippen LogP contribution >= 0.6 is 0 Å². The van der Waals surface area contributed by atoms with E-state index in [-0.39, 0.29) is 36.5 Å². The standard InChI is InChI=1S/C18H37N.Mn.Zn/c1-2-3-4-5-6-7-8-9-10-11-12-13-14-15-16-17-18-19;;/h9-10H,2-8,11-19H2,1H3;;/b10-9-;;. The van der Waals surface area contributed by atoms with Crippen molar-refractivity contribution in [2.24, 2.45) is 5.73 Å². The predicted molar refractivity (Wildman–Crippen MR) is 88.5 cm³/mol. The molecule has 1 radical (unpaired) electrons. The van der Waals surface area contributed by atoms with E-state index in [1.165, 1.54) is 89.9 Å². The van der Waals surface area contributed by atoms with Gasteiger partial charge in [0.15, 0.2) is 0 Å². The van der Waals surface area contributed by atoms with Gasteiger partial charge in [0.25, 0.3) is 0 Å². The summed E-state index contributed by atoms with van der Waals surface area (Å²) < 4.78 is 0. The largest absolute Gasteiger partial charge is 0.330 e. The summed E-state index contributed by atoms with van der Waals surface area (Å²) in [6.07, 6.45) is 23.9. The minimum Gasteiger partial charge on any atom is -0.330 e. The molecule has 21 heavy (non-hydrogen) atoms. The summed E-state index contributed by atoms with van der Waals surface area (Å²) in [5, 5.41) is 0. The molecule has 0 spiro atoms. The molecule has 0 saturated heterocycles. The van der Waals surface area contributed by atoms with E-state index >= 15 is 0 Å². The van der Waals surface area contributed by atoms with E-state index in [1.54, 1.807) is 0 Å². The molecule has 1 nitrogen and oxygen atoms in total. The van der Waals surface area contributed by atoms with Gasteiger partial charge < -0.3 is 5.73 Å². The Hall–Kier alpha value is 0.843. The first-order valence-corrected chi connectivity index (χ1v) is 8.77. The molecular weight excluding hydrogens is 351 g/mol. The predicted octanol–water partition coefficient (Wildman–Crippen LogP) is 5.98. The molecule has 0 aliphatic rings. The Morgan fingerprint density at radius 1 is 0.619 bits per heavy atom. The van der Waals surface area contributed by atoms with Crippen molar-refractivity contribution in [3.63, 3.8) is 0 Å². The van der Waals surface area contributed by atoms with Gasteiger partial charge in [-0.05, 0) is 38.6 Å². The monoisotopic (exact) mass is 386 g/mol. The van der Waals surface area contributed by atoms with Gasteiger partial charge in [-0.25, -0.2) is 0 Å². The van der Waals surface area contributed by atoms with E-state index in [0.29, 0.717) is 0 Å².